The summed E-state index contributed by atoms with van der Waals surface area (Å²) in [5.74, 6) is 0. The molecule has 0 amide bonds. The van der Waals surface area contributed by atoms with Gasteiger partial charge in [0.25, 0.3) is 0 Å². The summed E-state index contributed by atoms with van der Waals surface area (Å²) in [7, 11) is 0. The molecule has 0 aliphatic carbocycles. The van der Waals surface area contributed by atoms with Crippen LogP contribution in [0.15, 0.2) is 0 Å². The van der Waals surface area contributed by atoms with E-state index in [1.165, 1.54) is 4.90 Å². The molecule has 0 aromatic rings. The first-order valence-electron chi connectivity index (χ1n) is 5.87. The Hall–Kier alpha value is -0.290. The number of likely N-dealkylation sites (N-methyl/N-ethyl adjacent to an activating group) is 1. The third-order valence-electron chi connectivity index (χ3n) is 3.09. The van der Waals surface area contributed by atoms with Crippen LogP contribution in [0.5, 0.6) is 0 Å². The van der Waals surface area contributed by atoms with Crippen LogP contribution < -0.4 is 5.73 Å². The molecule has 3 unspecified atom stereocenters. The first kappa shape index (κ1) is 15.7. The average Bonchev–Trinajstić information content (AvgIpc) is 2.21. The molecule has 0 aliphatic heterocycles. The molecule has 0 aliphatic rings. The molecule has 98 valence electrons. The normalized spacial score (nSPS) is 18.6. The summed E-state index contributed by atoms with van der Waals surface area (Å²) in [5.41, 5.74) is 5.61. The molecule has 0 heterocycles. The minimum Gasteiger partial charge on any atom is -0.326 e. The van der Waals surface area contributed by atoms with Crippen LogP contribution in [0, 0.1) is 0 Å². The van der Waals surface area contributed by atoms with Gasteiger partial charge in [0.1, 0.15) is 6.04 Å². The van der Waals surface area contributed by atoms with Crippen molar-refractivity contribution in [3.63, 3.8) is 0 Å². The highest BCUT2D eigenvalue weighted by Crippen LogP contribution is 2.29. The largest absolute Gasteiger partial charge is 0.405 e. The van der Waals surface area contributed by atoms with E-state index in [2.05, 4.69) is 0 Å². The van der Waals surface area contributed by atoms with Gasteiger partial charge in [-0.2, -0.15) is 13.2 Å². The molecule has 0 aromatic carbocycles. The smallest absolute Gasteiger partial charge is 0.326 e. The Balaban J connectivity index is 4.99. The highest BCUT2D eigenvalue weighted by molar-refractivity contribution is 4.89. The maximum Gasteiger partial charge on any atom is 0.405 e. The lowest BCUT2D eigenvalue weighted by atomic mass is 10.0. The Kier molecular flexibility index (Phi) is 6.33. The fourth-order valence-corrected chi connectivity index (χ4v) is 1.92. The van der Waals surface area contributed by atoms with Gasteiger partial charge in [0, 0.05) is 12.1 Å². The minimum atomic E-state index is -4.26. The van der Waals surface area contributed by atoms with Gasteiger partial charge in [-0.15, -0.1) is 0 Å². The highest BCUT2D eigenvalue weighted by atomic mass is 19.4. The van der Waals surface area contributed by atoms with Crippen molar-refractivity contribution < 1.29 is 13.2 Å². The summed E-state index contributed by atoms with van der Waals surface area (Å²) >= 11 is 0. The van der Waals surface area contributed by atoms with Crippen molar-refractivity contribution in [2.24, 2.45) is 5.73 Å². The van der Waals surface area contributed by atoms with Gasteiger partial charge in [-0.25, -0.2) is 0 Å². The maximum atomic E-state index is 13.0. The molecule has 0 fully saturated rings. The lowest BCUT2D eigenvalue weighted by Gasteiger charge is -2.39. The van der Waals surface area contributed by atoms with E-state index in [4.69, 9.17) is 5.73 Å². The second-order valence-electron chi connectivity index (χ2n) is 4.15. The molecule has 0 aromatic heterocycles. The first-order chi connectivity index (χ1) is 7.29. The van der Waals surface area contributed by atoms with Gasteiger partial charge in [0.15, 0.2) is 0 Å². The molecule has 0 spiro atoms. The van der Waals surface area contributed by atoms with Crippen molar-refractivity contribution in [3.05, 3.63) is 0 Å². The average molecular weight is 240 g/mol. The summed E-state index contributed by atoms with van der Waals surface area (Å²) in [6.45, 7) is 7.50. The Labute approximate surface area is 96.0 Å². The maximum absolute atomic E-state index is 13.0. The predicted octanol–water partition coefficient (Wildman–Crippen LogP) is 2.78. The van der Waals surface area contributed by atoms with Crippen molar-refractivity contribution in [1.29, 1.82) is 0 Å². The van der Waals surface area contributed by atoms with E-state index in [-0.39, 0.29) is 6.04 Å². The zero-order chi connectivity index (χ0) is 12.9. The summed E-state index contributed by atoms with van der Waals surface area (Å²) in [6.07, 6.45) is -3.23. The lowest BCUT2D eigenvalue weighted by Crippen LogP contribution is -2.58. The summed E-state index contributed by atoms with van der Waals surface area (Å²) in [5, 5.41) is 0. The number of nitrogens with zero attached hydrogens (tertiary/aromatic N) is 1. The molecule has 0 bridgehead atoms. The summed E-state index contributed by atoms with van der Waals surface area (Å²) < 4.78 is 38.9. The molecular formula is C11H23F3N2. The number of hydrogen-bond acceptors (Lipinski definition) is 2. The van der Waals surface area contributed by atoms with Gasteiger partial charge >= 0.3 is 6.18 Å². The summed E-state index contributed by atoms with van der Waals surface area (Å²) in [4.78, 5) is 1.45. The zero-order valence-corrected chi connectivity index (χ0v) is 10.5. The first-order valence-corrected chi connectivity index (χ1v) is 5.87. The van der Waals surface area contributed by atoms with Crippen LogP contribution in [-0.4, -0.2) is 35.7 Å². The summed E-state index contributed by atoms with van der Waals surface area (Å²) in [6, 6.07) is -2.49. The molecular weight excluding hydrogens is 217 g/mol. The molecule has 0 radical (unpaired) electrons. The molecule has 5 heteroatoms. The van der Waals surface area contributed by atoms with E-state index < -0.39 is 18.3 Å². The SMILES string of the molecule is CCC(N)C(N(CC)C(C)CC)C(F)(F)F. The standard InChI is InChI=1S/C11H23F3N2/c1-5-8(4)16(7-3)10(9(15)6-2)11(12,13)14/h8-10H,5-7,15H2,1-4H3. The molecule has 3 atom stereocenters. The Morgan fingerprint density at radius 3 is 1.88 bits per heavy atom. The van der Waals surface area contributed by atoms with Crippen molar-refractivity contribution >= 4 is 0 Å². The van der Waals surface area contributed by atoms with Crippen molar-refractivity contribution in [2.45, 2.75) is 64.8 Å². The van der Waals surface area contributed by atoms with E-state index in [0.717, 1.165) is 0 Å². The zero-order valence-electron chi connectivity index (χ0n) is 10.5. The van der Waals surface area contributed by atoms with Gasteiger partial charge < -0.3 is 5.73 Å². The fraction of sp³-hybridized carbons (Fsp3) is 1.00. The number of halogens is 3. The van der Waals surface area contributed by atoms with Crippen LogP contribution in [0.2, 0.25) is 0 Å². The molecule has 0 saturated carbocycles. The van der Waals surface area contributed by atoms with E-state index in [1.807, 2.05) is 13.8 Å². The predicted molar refractivity (Wildman–Crippen MR) is 60.2 cm³/mol. The fourth-order valence-electron chi connectivity index (χ4n) is 1.92. The Morgan fingerprint density at radius 1 is 1.12 bits per heavy atom. The second kappa shape index (κ2) is 6.45. The second-order valence-corrected chi connectivity index (χ2v) is 4.15. The molecule has 0 saturated heterocycles. The van der Waals surface area contributed by atoms with Gasteiger partial charge in [-0.1, -0.05) is 20.8 Å². The van der Waals surface area contributed by atoms with Crippen LogP contribution in [0.1, 0.15) is 40.5 Å². The topological polar surface area (TPSA) is 29.3 Å². The van der Waals surface area contributed by atoms with E-state index in [1.54, 1.807) is 13.8 Å². The third-order valence-corrected chi connectivity index (χ3v) is 3.09. The highest BCUT2D eigenvalue weighted by Gasteiger charge is 2.47. The van der Waals surface area contributed by atoms with E-state index in [0.29, 0.717) is 19.4 Å². The molecule has 0 rings (SSSR count). The molecule has 2 nitrogen and oxygen atoms in total. The van der Waals surface area contributed by atoms with Crippen molar-refractivity contribution in [1.82, 2.24) is 4.90 Å². The van der Waals surface area contributed by atoms with Crippen molar-refractivity contribution in [3.8, 4) is 0 Å². The van der Waals surface area contributed by atoms with Crippen LogP contribution >= 0.6 is 0 Å². The molecule has 2 N–H and O–H groups in total. The number of nitrogens with two attached hydrogens (primary N) is 1. The third kappa shape index (κ3) is 3.94. The van der Waals surface area contributed by atoms with Crippen LogP contribution in [0.25, 0.3) is 0 Å². The monoisotopic (exact) mass is 240 g/mol. The van der Waals surface area contributed by atoms with Crippen LogP contribution in [0.4, 0.5) is 13.2 Å². The van der Waals surface area contributed by atoms with Crippen LogP contribution in [-0.2, 0) is 0 Å². The minimum absolute atomic E-state index is 0.103. The number of rotatable bonds is 6. The number of alkyl halides is 3. The van der Waals surface area contributed by atoms with Crippen LogP contribution in [0.3, 0.4) is 0 Å². The van der Waals surface area contributed by atoms with E-state index >= 15 is 0 Å². The van der Waals surface area contributed by atoms with Crippen molar-refractivity contribution in [2.75, 3.05) is 6.54 Å². The quantitative estimate of drug-likeness (QED) is 0.773. The Morgan fingerprint density at radius 2 is 1.62 bits per heavy atom. The lowest BCUT2D eigenvalue weighted by molar-refractivity contribution is -0.194. The van der Waals surface area contributed by atoms with Gasteiger partial charge in [0.2, 0.25) is 0 Å². The number of hydrogen-bond donors (Lipinski definition) is 1. The van der Waals surface area contributed by atoms with Gasteiger partial charge in [-0.05, 0) is 26.3 Å². The Bertz CT molecular complexity index is 194. The molecule has 16 heavy (non-hydrogen) atoms. The van der Waals surface area contributed by atoms with Gasteiger partial charge in [-0.3, -0.25) is 4.90 Å². The van der Waals surface area contributed by atoms with E-state index in [9.17, 15) is 13.2 Å². The van der Waals surface area contributed by atoms with Gasteiger partial charge in [0.05, 0.1) is 0 Å².